The van der Waals surface area contributed by atoms with Gasteiger partial charge in [0.2, 0.25) is 5.91 Å². The van der Waals surface area contributed by atoms with Gasteiger partial charge in [0.05, 0.1) is 10.0 Å². The van der Waals surface area contributed by atoms with Crippen molar-refractivity contribution in [2.75, 3.05) is 13.1 Å². The topological polar surface area (TPSA) is 41.1 Å². The number of hydrogen-bond acceptors (Lipinski definition) is 2. The smallest absolute Gasteiger partial charge is 0.224 e. The summed E-state index contributed by atoms with van der Waals surface area (Å²) in [6.45, 7) is 4.10. The number of benzene rings is 1. The van der Waals surface area contributed by atoms with Gasteiger partial charge in [-0.05, 0) is 42.9 Å². The van der Waals surface area contributed by atoms with Gasteiger partial charge in [0.25, 0.3) is 0 Å². The molecule has 2 fully saturated rings. The zero-order valence-electron chi connectivity index (χ0n) is 12.4. The van der Waals surface area contributed by atoms with Gasteiger partial charge in [-0.3, -0.25) is 4.79 Å². The van der Waals surface area contributed by atoms with Crippen LogP contribution in [0.15, 0.2) is 18.2 Å². The van der Waals surface area contributed by atoms with Gasteiger partial charge in [0.15, 0.2) is 0 Å². The van der Waals surface area contributed by atoms with Crippen LogP contribution < -0.4 is 10.6 Å². The average molecular weight is 364 g/mol. The summed E-state index contributed by atoms with van der Waals surface area (Å²) >= 11 is 12.3. The minimum absolute atomic E-state index is 0. The first kappa shape index (κ1) is 17.9. The minimum Gasteiger partial charge on any atom is -0.352 e. The van der Waals surface area contributed by atoms with Gasteiger partial charge in [-0.1, -0.05) is 42.3 Å². The number of carbonyl (C=O) groups excluding carboxylic acids is 1. The molecule has 1 saturated carbocycles. The van der Waals surface area contributed by atoms with Crippen LogP contribution in [0.3, 0.4) is 0 Å². The SMILES string of the molecule is CC1CCNCC1NC(=O)C1CC1c1cccc(Cl)c1Cl.Cl. The molecule has 3 rings (SSSR count). The van der Waals surface area contributed by atoms with E-state index in [4.69, 9.17) is 23.2 Å². The van der Waals surface area contributed by atoms with Crippen LogP contribution in [0, 0.1) is 11.8 Å². The summed E-state index contributed by atoms with van der Waals surface area (Å²) in [6, 6.07) is 5.88. The molecule has 4 atom stereocenters. The van der Waals surface area contributed by atoms with Gasteiger partial charge in [0.1, 0.15) is 0 Å². The number of nitrogens with one attached hydrogen (secondary N) is 2. The monoisotopic (exact) mass is 362 g/mol. The maximum absolute atomic E-state index is 12.4. The van der Waals surface area contributed by atoms with Crippen LogP contribution in [0.25, 0.3) is 0 Å². The Morgan fingerprint density at radius 2 is 2.14 bits per heavy atom. The van der Waals surface area contributed by atoms with E-state index in [2.05, 4.69) is 17.6 Å². The van der Waals surface area contributed by atoms with Gasteiger partial charge in [-0.15, -0.1) is 12.4 Å². The Hall–Kier alpha value is -0.480. The van der Waals surface area contributed by atoms with Crippen LogP contribution in [0.5, 0.6) is 0 Å². The largest absolute Gasteiger partial charge is 0.352 e. The zero-order chi connectivity index (χ0) is 15.0. The van der Waals surface area contributed by atoms with Crippen molar-refractivity contribution < 1.29 is 4.79 Å². The number of halogens is 3. The van der Waals surface area contributed by atoms with Crippen LogP contribution >= 0.6 is 35.6 Å². The van der Waals surface area contributed by atoms with Crippen molar-refractivity contribution in [1.82, 2.24) is 10.6 Å². The summed E-state index contributed by atoms with van der Waals surface area (Å²) in [5.41, 5.74) is 0.999. The van der Waals surface area contributed by atoms with E-state index in [1.807, 2.05) is 12.1 Å². The Morgan fingerprint density at radius 1 is 1.36 bits per heavy atom. The van der Waals surface area contributed by atoms with Crippen molar-refractivity contribution >= 4 is 41.5 Å². The Balaban J connectivity index is 0.00000176. The molecular formula is C16H21Cl3N2O. The molecule has 22 heavy (non-hydrogen) atoms. The van der Waals surface area contributed by atoms with E-state index < -0.39 is 0 Å². The second-order valence-electron chi connectivity index (χ2n) is 6.18. The van der Waals surface area contributed by atoms with E-state index >= 15 is 0 Å². The summed E-state index contributed by atoms with van der Waals surface area (Å²) in [4.78, 5) is 12.4. The standard InChI is InChI=1S/C16H20Cl2N2O.ClH/c1-9-5-6-19-8-14(9)20-16(21)12-7-11(12)10-3-2-4-13(17)15(10)18;/h2-4,9,11-12,14,19H,5-8H2,1H3,(H,20,21);1H. The fraction of sp³-hybridized carbons (Fsp3) is 0.562. The Morgan fingerprint density at radius 3 is 2.86 bits per heavy atom. The lowest BCUT2D eigenvalue weighted by molar-refractivity contribution is -0.123. The van der Waals surface area contributed by atoms with Crippen molar-refractivity contribution in [3.05, 3.63) is 33.8 Å². The maximum atomic E-state index is 12.4. The molecule has 2 N–H and O–H groups in total. The fourth-order valence-corrected chi connectivity index (χ4v) is 3.56. The second kappa shape index (κ2) is 7.39. The predicted octanol–water partition coefficient (Wildman–Crippen LogP) is 3.63. The normalized spacial score (nSPS) is 30.3. The van der Waals surface area contributed by atoms with Crippen molar-refractivity contribution in [1.29, 1.82) is 0 Å². The lowest BCUT2D eigenvalue weighted by Crippen LogP contribution is -2.50. The lowest BCUT2D eigenvalue weighted by Gasteiger charge is -2.30. The molecular weight excluding hydrogens is 343 g/mol. The number of piperidine rings is 1. The number of carbonyl (C=O) groups is 1. The molecule has 1 aromatic carbocycles. The molecule has 2 aliphatic rings. The third-order valence-corrected chi connectivity index (χ3v) is 5.50. The van der Waals surface area contributed by atoms with E-state index in [-0.39, 0.29) is 36.2 Å². The van der Waals surface area contributed by atoms with E-state index in [0.717, 1.165) is 31.5 Å². The van der Waals surface area contributed by atoms with Crippen LogP contribution in [0.4, 0.5) is 0 Å². The highest BCUT2D eigenvalue weighted by Gasteiger charge is 2.45. The van der Waals surface area contributed by atoms with Crippen molar-refractivity contribution in [2.24, 2.45) is 11.8 Å². The Labute approximate surface area is 147 Å². The molecule has 1 amide bonds. The first-order valence-corrected chi connectivity index (χ1v) is 8.28. The predicted molar refractivity (Wildman–Crippen MR) is 93.1 cm³/mol. The minimum atomic E-state index is 0. The van der Waals surface area contributed by atoms with Gasteiger partial charge in [0, 0.05) is 18.5 Å². The molecule has 0 aromatic heterocycles. The molecule has 1 aliphatic carbocycles. The van der Waals surface area contributed by atoms with Crippen LogP contribution in [0.2, 0.25) is 10.0 Å². The number of hydrogen-bond donors (Lipinski definition) is 2. The quantitative estimate of drug-likeness (QED) is 0.861. The van der Waals surface area contributed by atoms with Crippen LogP contribution in [-0.2, 0) is 4.79 Å². The average Bonchev–Trinajstić information content (AvgIpc) is 3.25. The second-order valence-corrected chi connectivity index (χ2v) is 6.96. The molecule has 4 unspecified atom stereocenters. The molecule has 6 heteroatoms. The van der Waals surface area contributed by atoms with Crippen molar-refractivity contribution in [2.45, 2.75) is 31.7 Å². The van der Waals surface area contributed by atoms with Crippen LogP contribution in [-0.4, -0.2) is 25.0 Å². The molecule has 1 saturated heterocycles. The first-order chi connectivity index (χ1) is 10.1. The molecule has 0 spiro atoms. The molecule has 3 nitrogen and oxygen atoms in total. The van der Waals surface area contributed by atoms with E-state index in [1.54, 1.807) is 6.07 Å². The Kier molecular flexibility index (Phi) is 6.00. The first-order valence-electron chi connectivity index (χ1n) is 7.53. The number of amides is 1. The fourth-order valence-electron chi connectivity index (χ4n) is 3.11. The van der Waals surface area contributed by atoms with E-state index in [1.165, 1.54) is 0 Å². The number of rotatable bonds is 3. The summed E-state index contributed by atoms with van der Waals surface area (Å²) in [7, 11) is 0. The summed E-state index contributed by atoms with van der Waals surface area (Å²) in [5, 5.41) is 7.67. The highest BCUT2D eigenvalue weighted by Crippen LogP contribution is 2.50. The van der Waals surface area contributed by atoms with Crippen LogP contribution in [0.1, 0.15) is 31.2 Å². The van der Waals surface area contributed by atoms with Gasteiger partial charge in [-0.25, -0.2) is 0 Å². The summed E-state index contributed by atoms with van der Waals surface area (Å²) < 4.78 is 0. The Bertz CT molecular complexity index is 552. The van der Waals surface area contributed by atoms with E-state index in [0.29, 0.717) is 16.0 Å². The third kappa shape index (κ3) is 3.70. The highest BCUT2D eigenvalue weighted by molar-refractivity contribution is 6.42. The third-order valence-electron chi connectivity index (χ3n) is 4.66. The lowest BCUT2D eigenvalue weighted by atomic mass is 9.94. The zero-order valence-corrected chi connectivity index (χ0v) is 14.8. The molecule has 0 radical (unpaired) electrons. The maximum Gasteiger partial charge on any atom is 0.224 e. The van der Waals surface area contributed by atoms with E-state index in [9.17, 15) is 4.79 Å². The van der Waals surface area contributed by atoms with Gasteiger partial charge in [-0.2, -0.15) is 0 Å². The van der Waals surface area contributed by atoms with Gasteiger partial charge < -0.3 is 10.6 Å². The molecule has 1 heterocycles. The summed E-state index contributed by atoms with van der Waals surface area (Å²) in [6.07, 6.45) is 1.97. The molecule has 1 aromatic rings. The highest BCUT2D eigenvalue weighted by atomic mass is 35.5. The van der Waals surface area contributed by atoms with Gasteiger partial charge >= 0.3 is 0 Å². The summed E-state index contributed by atoms with van der Waals surface area (Å²) in [5.74, 6) is 0.928. The van der Waals surface area contributed by atoms with Crippen molar-refractivity contribution in [3.8, 4) is 0 Å². The van der Waals surface area contributed by atoms with Crippen molar-refractivity contribution in [3.63, 3.8) is 0 Å². The molecule has 122 valence electrons. The molecule has 0 bridgehead atoms. The molecule has 1 aliphatic heterocycles.